The lowest BCUT2D eigenvalue weighted by atomic mass is 9.53. The lowest BCUT2D eigenvalue weighted by Gasteiger charge is -2.52. The van der Waals surface area contributed by atoms with Gasteiger partial charge >= 0.3 is 10.3 Å². The predicted molar refractivity (Wildman–Crippen MR) is 150 cm³/mol. The second kappa shape index (κ2) is 11.4. The highest BCUT2D eigenvalue weighted by Crippen LogP contribution is 2.54. The molecular formula is C29H37ClN2O5S. The first-order valence-electron chi connectivity index (χ1n) is 12.9. The van der Waals surface area contributed by atoms with Crippen molar-refractivity contribution in [3.8, 4) is 22.8 Å². The first kappa shape index (κ1) is 28.7. The van der Waals surface area contributed by atoms with Gasteiger partial charge in [0.05, 0.1) is 6.61 Å². The van der Waals surface area contributed by atoms with Crippen molar-refractivity contribution < 1.29 is 22.4 Å². The van der Waals surface area contributed by atoms with Gasteiger partial charge in [0.1, 0.15) is 17.1 Å². The van der Waals surface area contributed by atoms with E-state index in [0.717, 1.165) is 47.8 Å². The van der Waals surface area contributed by atoms with E-state index in [9.17, 15) is 13.5 Å². The smallest absolute Gasteiger partial charge is 0.384 e. The number of benzene rings is 2. The van der Waals surface area contributed by atoms with Crippen LogP contribution in [0.5, 0.6) is 11.5 Å². The standard InChI is InChI=1S/C29H37ClN2O5S/c1-31(2)21-22-5-9-25(10-6-22)36-18-16-29-14-13-28(33,15-17-30)20-24(29)8-7-23-19-26(11-12-27(23)29)37-38(34,35)32(3)4/h5-6,9-12,19,24,33H,7-8,13-14,16,18,20-21H2,1-4H3/t24-,28+,29+/m0/s1. The van der Waals surface area contributed by atoms with E-state index in [1.807, 2.05) is 38.4 Å². The highest BCUT2D eigenvalue weighted by Gasteiger charge is 2.51. The molecule has 1 saturated carbocycles. The Morgan fingerprint density at radius 3 is 2.45 bits per heavy atom. The summed E-state index contributed by atoms with van der Waals surface area (Å²) in [7, 11) is 3.13. The van der Waals surface area contributed by atoms with Crippen molar-refractivity contribution in [2.75, 3.05) is 34.8 Å². The summed E-state index contributed by atoms with van der Waals surface area (Å²) < 4.78 is 37.1. The zero-order valence-electron chi connectivity index (χ0n) is 22.5. The minimum Gasteiger partial charge on any atom is -0.494 e. The Morgan fingerprint density at radius 2 is 1.79 bits per heavy atom. The van der Waals surface area contributed by atoms with Gasteiger partial charge in [-0.2, -0.15) is 12.7 Å². The molecule has 3 atom stereocenters. The molecule has 0 unspecified atom stereocenters. The fourth-order valence-electron chi connectivity index (χ4n) is 5.98. The SMILES string of the molecule is CN(C)Cc1ccc(OCC[C@]23CC[C@@](O)(C#CCl)C[C@@H]2CCc2cc(OS(=O)(=O)N(C)C)ccc23)cc1. The van der Waals surface area contributed by atoms with E-state index in [1.165, 1.54) is 25.2 Å². The van der Waals surface area contributed by atoms with Crippen molar-refractivity contribution >= 4 is 21.9 Å². The summed E-state index contributed by atoms with van der Waals surface area (Å²) in [6.45, 7) is 1.40. The molecule has 0 radical (unpaired) electrons. The third-order valence-corrected chi connectivity index (χ3v) is 9.29. The fourth-order valence-corrected chi connectivity index (χ4v) is 6.66. The van der Waals surface area contributed by atoms with Gasteiger partial charge in [-0.1, -0.05) is 24.1 Å². The van der Waals surface area contributed by atoms with Gasteiger partial charge in [0.15, 0.2) is 0 Å². The van der Waals surface area contributed by atoms with Gasteiger partial charge in [-0.15, -0.1) is 0 Å². The normalized spacial score (nSPS) is 24.8. The average Bonchev–Trinajstić information content (AvgIpc) is 2.85. The Hall–Kier alpha value is -2.28. The van der Waals surface area contributed by atoms with Crippen LogP contribution in [0.1, 0.15) is 48.8 Å². The van der Waals surface area contributed by atoms with Crippen LogP contribution in [0.4, 0.5) is 0 Å². The average molecular weight is 561 g/mol. The minimum absolute atomic E-state index is 0.189. The first-order valence-corrected chi connectivity index (χ1v) is 14.7. The van der Waals surface area contributed by atoms with E-state index < -0.39 is 15.9 Å². The van der Waals surface area contributed by atoms with Crippen molar-refractivity contribution in [3.63, 3.8) is 0 Å². The van der Waals surface area contributed by atoms with Crippen molar-refractivity contribution in [3.05, 3.63) is 59.2 Å². The van der Waals surface area contributed by atoms with Gasteiger partial charge < -0.3 is 18.9 Å². The molecule has 7 nitrogen and oxygen atoms in total. The van der Waals surface area contributed by atoms with Crippen LogP contribution in [-0.4, -0.2) is 63.1 Å². The number of rotatable bonds is 9. The second-order valence-electron chi connectivity index (χ2n) is 11.0. The molecule has 2 aliphatic carbocycles. The maximum absolute atomic E-state index is 12.3. The van der Waals surface area contributed by atoms with Crippen LogP contribution in [0.25, 0.3) is 0 Å². The van der Waals surface area contributed by atoms with Crippen molar-refractivity contribution in [2.24, 2.45) is 5.92 Å². The largest absolute Gasteiger partial charge is 0.494 e. The number of aryl methyl sites for hydroxylation is 1. The van der Waals surface area contributed by atoms with Gasteiger partial charge in [0, 0.05) is 31.4 Å². The Morgan fingerprint density at radius 1 is 1.08 bits per heavy atom. The summed E-state index contributed by atoms with van der Waals surface area (Å²) in [6.07, 6.45) is 4.16. The van der Waals surface area contributed by atoms with Crippen LogP contribution < -0.4 is 8.92 Å². The number of nitrogens with zero attached hydrogens (tertiary/aromatic N) is 2. The van der Waals surface area contributed by atoms with Crippen LogP contribution in [0, 0.1) is 17.2 Å². The number of hydrogen-bond acceptors (Lipinski definition) is 6. The summed E-state index contributed by atoms with van der Waals surface area (Å²) in [5.41, 5.74) is 2.16. The number of fused-ring (bicyclic) bond motifs is 3. The maximum Gasteiger partial charge on any atom is 0.384 e. The topological polar surface area (TPSA) is 79.3 Å². The number of ether oxygens (including phenoxy) is 1. The lowest BCUT2D eigenvalue weighted by molar-refractivity contribution is -0.0142. The Labute approximate surface area is 231 Å². The van der Waals surface area contributed by atoms with Gasteiger partial charge in [-0.05, 0) is 111 Å². The highest BCUT2D eigenvalue weighted by atomic mass is 35.5. The van der Waals surface area contributed by atoms with E-state index in [0.29, 0.717) is 25.2 Å². The highest BCUT2D eigenvalue weighted by molar-refractivity contribution is 7.84. The van der Waals surface area contributed by atoms with Gasteiger partial charge in [0.2, 0.25) is 0 Å². The second-order valence-corrected chi connectivity index (χ2v) is 12.9. The van der Waals surface area contributed by atoms with E-state index in [4.69, 9.17) is 20.5 Å². The molecule has 0 aliphatic heterocycles. The van der Waals surface area contributed by atoms with Gasteiger partial charge in [0.25, 0.3) is 0 Å². The van der Waals surface area contributed by atoms with Crippen molar-refractivity contribution in [2.45, 2.75) is 56.1 Å². The Bertz CT molecular complexity index is 1300. The molecular weight excluding hydrogens is 524 g/mol. The maximum atomic E-state index is 12.3. The summed E-state index contributed by atoms with van der Waals surface area (Å²) in [5, 5.41) is 13.5. The fraction of sp³-hybridized carbons (Fsp3) is 0.517. The molecule has 0 aromatic heterocycles. The van der Waals surface area contributed by atoms with Crippen LogP contribution >= 0.6 is 11.6 Å². The monoisotopic (exact) mass is 560 g/mol. The zero-order valence-corrected chi connectivity index (χ0v) is 24.1. The van der Waals surface area contributed by atoms with E-state index in [2.05, 4.69) is 28.3 Å². The van der Waals surface area contributed by atoms with Gasteiger partial charge in [-0.25, -0.2) is 0 Å². The summed E-state index contributed by atoms with van der Waals surface area (Å²) in [4.78, 5) is 2.13. The molecule has 4 rings (SSSR count). The lowest BCUT2D eigenvalue weighted by Crippen LogP contribution is -2.50. The van der Waals surface area contributed by atoms with Crippen LogP contribution in [-0.2, 0) is 28.7 Å². The molecule has 1 fully saturated rings. The third-order valence-electron chi connectivity index (χ3n) is 7.89. The van der Waals surface area contributed by atoms with Crippen LogP contribution in [0.2, 0.25) is 0 Å². The summed E-state index contributed by atoms with van der Waals surface area (Å²) >= 11 is 5.69. The predicted octanol–water partition coefficient (Wildman–Crippen LogP) is 4.32. The minimum atomic E-state index is -3.84. The molecule has 2 aliphatic rings. The molecule has 0 heterocycles. The third kappa shape index (κ3) is 6.30. The number of aliphatic hydroxyl groups is 1. The molecule has 38 heavy (non-hydrogen) atoms. The summed E-state index contributed by atoms with van der Waals surface area (Å²) in [5.74, 6) is 4.15. The number of halogens is 1. The molecule has 0 spiro atoms. The van der Waals surface area contributed by atoms with Gasteiger partial charge in [-0.3, -0.25) is 0 Å². The Kier molecular flexibility index (Phi) is 8.65. The van der Waals surface area contributed by atoms with E-state index >= 15 is 0 Å². The first-order chi connectivity index (χ1) is 18.0. The van der Waals surface area contributed by atoms with Crippen molar-refractivity contribution in [1.82, 2.24) is 9.21 Å². The Balaban J connectivity index is 1.58. The molecule has 0 saturated heterocycles. The van der Waals surface area contributed by atoms with E-state index in [1.54, 1.807) is 6.07 Å². The zero-order chi connectivity index (χ0) is 27.6. The molecule has 0 bridgehead atoms. The quantitative estimate of drug-likeness (QED) is 0.460. The molecule has 0 amide bonds. The molecule has 9 heteroatoms. The van der Waals surface area contributed by atoms with Crippen LogP contribution in [0.15, 0.2) is 42.5 Å². The molecule has 2 aromatic rings. The molecule has 206 valence electrons. The van der Waals surface area contributed by atoms with Crippen molar-refractivity contribution in [1.29, 1.82) is 0 Å². The van der Waals surface area contributed by atoms with E-state index in [-0.39, 0.29) is 11.3 Å². The molecule has 2 aromatic carbocycles. The van der Waals surface area contributed by atoms with Crippen LogP contribution in [0.3, 0.4) is 0 Å². The summed E-state index contributed by atoms with van der Waals surface area (Å²) in [6, 6.07) is 13.8. The molecule has 1 N–H and O–H groups in total. The number of hydrogen-bond donors (Lipinski definition) is 1.